The maximum atomic E-state index is 12.5. The first-order valence-corrected chi connectivity index (χ1v) is 9.25. The number of piperidine rings is 1. The number of fused-ring (bicyclic) bond motifs is 1. The van der Waals surface area contributed by atoms with E-state index in [1.54, 1.807) is 0 Å². The van der Waals surface area contributed by atoms with Crippen molar-refractivity contribution in [1.82, 2.24) is 10.2 Å². The molecule has 2 fully saturated rings. The van der Waals surface area contributed by atoms with Gasteiger partial charge in [-0.2, -0.15) is 0 Å². The van der Waals surface area contributed by atoms with Crippen LogP contribution in [0.5, 0.6) is 0 Å². The molecule has 134 valence electrons. The molecule has 3 aliphatic heterocycles. The van der Waals surface area contributed by atoms with Crippen molar-refractivity contribution in [2.45, 2.75) is 37.6 Å². The van der Waals surface area contributed by atoms with Crippen LogP contribution in [0.25, 0.3) is 0 Å². The second-order valence-corrected chi connectivity index (χ2v) is 7.21. The summed E-state index contributed by atoms with van der Waals surface area (Å²) in [6, 6.07) is 8.20. The van der Waals surface area contributed by atoms with Crippen LogP contribution in [-0.4, -0.2) is 49.2 Å². The lowest BCUT2D eigenvalue weighted by Gasteiger charge is -2.35. The number of carbonyl (C=O) groups is 2. The summed E-state index contributed by atoms with van der Waals surface area (Å²) >= 11 is 0. The lowest BCUT2D eigenvalue weighted by molar-refractivity contribution is -0.118. The molecule has 2 saturated heterocycles. The van der Waals surface area contributed by atoms with E-state index < -0.39 is 0 Å². The van der Waals surface area contributed by atoms with Crippen molar-refractivity contribution in [2.24, 2.45) is 5.92 Å². The summed E-state index contributed by atoms with van der Waals surface area (Å²) in [5.41, 5.74) is 2.05. The van der Waals surface area contributed by atoms with Crippen LogP contribution in [0.2, 0.25) is 0 Å². The molecular weight excluding hydrogens is 318 g/mol. The van der Waals surface area contributed by atoms with Gasteiger partial charge in [-0.05, 0) is 43.2 Å². The van der Waals surface area contributed by atoms with E-state index in [0.717, 1.165) is 50.1 Å². The number of benzene rings is 1. The van der Waals surface area contributed by atoms with Crippen LogP contribution >= 0.6 is 0 Å². The SMILES string of the molecule is O=C1Nc2ccccc2C1C1CCN(C(=O)NC2CCOCC2)CC1. The highest BCUT2D eigenvalue weighted by molar-refractivity contribution is 6.03. The quantitative estimate of drug-likeness (QED) is 0.866. The normalized spacial score (nSPS) is 24.7. The molecule has 1 aromatic rings. The Labute approximate surface area is 147 Å². The lowest BCUT2D eigenvalue weighted by atomic mass is 9.81. The number of ether oxygens (including phenoxy) is 1. The number of amides is 3. The van der Waals surface area contributed by atoms with Crippen LogP contribution in [0.15, 0.2) is 24.3 Å². The summed E-state index contributed by atoms with van der Waals surface area (Å²) in [5.74, 6) is 0.332. The molecule has 3 aliphatic rings. The Morgan fingerprint density at radius 3 is 2.60 bits per heavy atom. The Morgan fingerprint density at radius 2 is 1.84 bits per heavy atom. The van der Waals surface area contributed by atoms with Gasteiger partial charge in [0.2, 0.25) is 5.91 Å². The average Bonchev–Trinajstić information content (AvgIpc) is 2.98. The lowest BCUT2D eigenvalue weighted by Crippen LogP contribution is -2.49. The number of carbonyl (C=O) groups excluding carboxylic acids is 2. The van der Waals surface area contributed by atoms with Gasteiger partial charge in [-0.1, -0.05) is 18.2 Å². The molecule has 1 atom stereocenters. The molecule has 25 heavy (non-hydrogen) atoms. The molecule has 0 aromatic heterocycles. The number of anilines is 1. The van der Waals surface area contributed by atoms with Gasteiger partial charge in [0.25, 0.3) is 0 Å². The minimum atomic E-state index is -0.0723. The largest absolute Gasteiger partial charge is 0.381 e. The Bertz CT molecular complexity index is 649. The zero-order chi connectivity index (χ0) is 17.2. The summed E-state index contributed by atoms with van der Waals surface area (Å²) in [6.07, 6.45) is 3.52. The smallest absolute Gasteiger partial charge is 0.317 e. The predicted octanol–water partition coefficient (Wildman–Crippen LogP) is 2.32. The third kappa shape index (κ3) is 3.35. The van der Waals surface area contributed by atoms with Gasteiger partial charge in [0, 0.05) is 38.0 Å². The fraction of sp³-hybridized carbons (Fsp3) is 0.579. The molecular formula is C19H25N3O3. The molecule has 4 rings (SSSR count). The fourth-order valence-corrected chi connectivity index (χ4v) is 4.25. The number of likely N-dealkylation sites (tertiary alicyclic amines) is 1. The molecule has 0 saturated carbocycles. The standard InChI is InChI=1S/C19H25N3O3/c23-18-17(15-3-1-2-4-16(15)21-18)13-5-9-22(10-6-13)19(24)20-14-7-11-25-12-8-14/h1-4,13-14,17H,5-12H2,(H,20,24)(H,21,23). The van der Waals surface area contributed by atoms with Crippen molar-refractivity contribution in [1.29, 1.82) is 0 Å². The summed E-state index contributed by atoms with van der Waals surface area (Å²) < 4.78 is 5.33. The summed E-state index contributed by atoms with van der Waals surface area (Å²) in [7, 11) is 0. The molecule has 3 amide bonds. The third-order valence-electron chi connectivity index (χ3n) is 5.68. The maximum absolute atomic E-state index is 12.5. The first-order valence-electron chi connectivity index (χ1n) is 9.25. The van der Waals surface area contributed by atoms with Gasteiger partial charge in [0.05, 0.1) is 5.92 Å². The van der Waals surface area contributed by atoms with Crippen molar-refractivity contribution in [3.63, 3.8) is 0 Å². The number of nitrogens with one attached hydrogen (secondary N) is 2. The Morgan fingerprint density at radius 1 is 1.12 bits per heavy atom. The summed E-state index contributed by atoms with van der Waals surface area (Å²) in [5, 5.41) is 6.11. The molecule has 0 spiro atoms. The third-order valence-corrected chi connectivity index (χ3v) is 5.68. The maximum Gasteiger partial charge on any atom is 0.317 e. The molecule has 2 N–H and O–H groups in total. The van der Waals surface area contributed by atoms with Crippen molar-refractivity contribution in [2.75, 3.05) is 31.6 Å². The number of para-hydroxylation sites is 1. The van der Waals surface area contributed by atoms with Gasteiger partial charge >= 0.3 is 6.03 Å². The second kappa shape index (κ2) is 7.04. The van der Waals surface area contributed by atoms with E-state index in [1.807, 2.05) is 29.2 Å². The molecule has 6 heteroatoms. The average molecular weight is 343 g/mol. The van der Waals surface area contributed by atoms with Gasteiger partial charge in [0.15, 0.2) is 0 Å². The van der Waals surface area contributed by atoms with Gasteiger partial charge in [-0.3, -0.25) is 4.79 Å². The first-order chi connectivity index (χ1) is 12.2. The number of nitrogens with zero attached hydrogens (tertiary/aromatic N) is 1. The van der Waals surface area contributed by atoms with Crippen molar-refractivity contribution in [3.8, 4) is 0 Å². The van der Waals surface area contributed by atoms with Crippen LogP contribution in [0, 0.1) is 5.92 Å². The molecule has 0 aliphatic carbocycles. The molecule has 6 nitrogen and oxygen atoms in total. The van der Waals surface area contributed by atoms with E-state index in [4.69, 9.17) is 4.74 Å². The van der Waals surface area contributed by atoms with E-state index in [0.29, 0.717) is 19.0 Å². The topological polar surface area (TPSA) is 70.7 Å². The molecule has 0 bridgehead atoms. The van der Waals surface area contributed by atoms with Crippen LogP contribution < -0.4 is 10.6 Å². The zero-order valence-corrected chi connectivity index (χ0v) is 14.4. The van der Waals surface area contributed by atoms with E-state index >= 15 is 0 Å². The first kappa shape index (κ1) is 16.4. The molecule has 0 radical (unpaired) electrons. The van der Waals surface area contributed by atoms with E-state index in [9.17, 15) is 9.59 Å². The molecule has 3 heterocycles. The second-order valence-electron chi connectivity index (χ2n) is 7.21. The highest BCUT2D eigenvalue weighted by atomic mass is 16.5. The monoisotopic (exact) mass is 343 g/mol. The number of hydrogen-bond acceptors (Lipinski definition) is 3. The molecule has 1 aromatic carbocycles. The van der Waals surface area contributed by atoms with Gasteiger partial charge in [-0.25, -0.2) is 4.79 Å². The zero-order valence-electron chi connectivity index (χ0n) is 14.4. The summed E-state index contributed by atoms with van der Waals surface area (Å²) in [4.78, 5) is 26.7. The minimum Gasteiger partial charge on any atom is -0.381 e. The van der Waals surface area contributed by atoms with Gasteiger partial charge in [-0.15, -0.1) is 0 Å². The van der Waals surface area contributed by atoms with Crippen LogP contribution in [0.4, 0.5) is 10.5 Å². The Balaban J connectivity index is 1.34. The number of urea groups is 1. The van der Waals surface area contributed by atoms with E-state index in [2.05, 4.69) is 10.6 Å². The van der Waals surface area contributed by atoms with Crippen molar-refractivity contribution >= 4 is 17.6 Å². The highest BCUT2D eigenvalue weighted by Crippen LogP contribution is 2.41. The molecule has 1 unspecified atom stereocenters. The Hall–Kier alpha value is -2.08. The highest BCUT2D eigenvalue weighted by Gasteiger charge is 2.38. The summed E-state index contributed by atoms with van der Waals surface area (Å²) in [6.45, 7) is 2.88. The number of hydrogen-bond donors (Lipinski definition) is 2. The van der Waals surface area contributed by atoms with Crippen molar-refractivity contribution in [3.05, 3.63) is 29.8 Å². The Kier molecular flexibility index (Phi) is 4.61. The van der Waals surface area contributed by atoms with Gasteiger partial charge in [0.1, 0.15) is 0 Å². The van der Waals surface area contributed by atoms with Crippen LogP contribution in [0.1, 0.15) is 37.2 Å². The van der Waals surface area contributed by atoms with Crippen LogP contribution in [0.3, 0.4) is 0 Å². The minimum absolute atomic E-state index is 0.0293. The van der Waals surface area contributed by atoms with Crippen molar-refractivity contribution < 1.29 is 14.3 Å². The van der Waals surface area contributed by atoms with Crippen LogP contribution in [-0.2, 0) is 9.53 Å². The predicted molar refractivity (Wildman–Crippen MR) is 94.5 cm³/mol. The van der Waals surface area contributed by atoms with E-state index in [1.165, 1.54) is 0 Å². The van der Waals surface area contributed by atoms with E-state index in [-0.39, 0.29) is 23.9 Å². The van der Waals surface area contributed by atoms with Gasteiger partial charge < -0.3 is 20.3 Å². The fourth-order valence-electron chi connectivity index (χ4n) is 4.25. The number of rotatable bonds is 2.